The van der Waals surface area contributed by atoms with Crippen LogP contribution in [0.4, 0.5) is 0 Å². The summed E-state index contributed by atoms with van der Waals surface area (Å²) in [6.45, 7) is 1.75. The van der Waals surface area contributed by atoms with Crippen LogP contribution in [0.3, 0.4) is 0 Å². The van der Waals surface area contributed by atoms with Crippen LogP contribution >= 0.6 is 11.6 Å². The Bertz CT molecular complexity index is 614. The summed E-state index contributed by atoms with van der Waals surface area (Å²) in [6.07, 6.45) is 4.46. The summed E-state index contributed by atoms with van der Waals surface area (Å²) in [5.74, 6) is -0.304. The zero-order valence-corrected chi connectivity index (χ0v) is 13.0. The van der Waals surface area contributed by atoms with E-state index in [-0.39, 0.29) is 29.4 Å². The zero-order chi connectivity index (χ0) is 14.9. The summed E-state index contributed by atoms with van der Waals surface area (Å²) in [5.41, 5.74) is 0.254. The van der Waals surface area contributed by atoms with Crippen molar-refractivity contribution in [3.8, 4) is 0 Å². The first-order valence-corrected chi connectivity index (χ1v) is 8.84. The predicted molar refractivity (Wildman–Crippen MR) is 77.6 cm³/mol. The number of rotatable bonds is 5. The molecule has 7 heteroatoms. The van der Waals surface area contributed by atoms with E-state index in [1.54, 1.807) is 17.9 Å². The van der Waals surface area contributed by atoms with Crippen molar-refractivity contribution in [3.63, 3.8) is 0 Å². The first kappa shape index (κ1) is 15.3. The first-order chi connectivity index (χ1) is 9.28. The van der Waals surface area contributed by atoms with E-state index in [1.165, 1.54) is 18.5 Å². The third kappa shape index (κ3) is 3.93. The Labute approximate surface area is 123 Å². The Balaban J connectivity index is 2.22. The highest BCUT2D eigenvalue weighted by molar-refractivity contribution is 7.90. The summed E-state index contributed by atoms with van der Waals surface area (Å²) in [6, 6.07) is 2.84. The summed E-state index contributed by atoms with van der Waals surface area (Å²) in [5, 5.41) is 0.440. The second-order valence-corrected chi connectivity index (χ2v) is 7.87. The van der Waals surface area contributed by atoms with Crippen molar-refractivity contribution in [2.75, 3.05) is 12.0 Å². The number of hydrogen-bond acceptors (Lipinski definition) is 4. The van der Waals surface area contributed by atoms with Crippen LogP contribution in [0.25, 0.3) is 0 Å². The van der Waals surface area contributed by atoms with E-state index in [0.717, 1.165) is 12.8 Å². The van der Waals surface area contributed by atoms with Crippen molar-refractivity contribution in [1.82, 2.24) is 9.88 Å². The molecular weight excluding hydrogens is 300 g/mol. The van der Waals surface area contributed by atoms with Crippen LogP contribution in [-0.2, 0) is 9.84 Å². The van der Waals surface area contributed by atoms with Crippen molar-refractivity contribution in [2.24, 2.45) is 0 Å². The number of aromatic nitrogens is 1. The zero-order valence-electron chi connectivity index (χ0n) is 11.4. The molecular formula is C13H17ClN2O3S. The minimum atomic E-state index is -3.14. The van der Waals surface area contributed by atoms with Crippen LogP contribution in [0.1, 0.15) is 30.3 Å². The van der Waals surface area contributed by atoms with Crippen LogP contribution in [0, 0.1) is 0 Å². The van der Waals surface area contributed by atoms with Gasteiger partial charge in [0.15, 0.2) is 0 Å². The van der Waals surface area contributed by atoms with Crippen molar-refractivity contribution in [2.45, 2.75) is 31.8 Å². The van der Waals surface area contributed by atoms with Crippen molar-refractivity contribution in [1.29, 1.82) is 0 Å². The molecule has 1 aromatic rings. The Hall–Kier alpha value is -1.14. The monoisotopic (exact) mass is 316 g/mol. The Morgan fingerprint density at radius 2 is 2.20 bits per heavy atom. The molecule has 1 heterocycles. The summed E-state index contributed by atoms with van der Waals surface area (Å²) in [4.78, 5) is 18.2. The molecule has 1 aliphatic carbocycles. The van der Waals surface area contributed by atoms with Gasteiger partial charge in [-0.1, -0.05) is 11.6 Å². The summed E-state index contributed by atoms with van der Waals surface area (Å²) < 4.78 is 22.9. The van der Waals surface area contributed by atoms with Gasteiger partial charge in [-0.2, -0.15) is 0 Å². The number of carbonyl (C=O) groups is 1. The maximum absolute atomic E-state index is 12.5. The number of hydrogen-bond donors (Lipinski definition) is 0. The number of amides is 1. The molecule has 0 saturated heterocycles. The normalized spacial score (nSPS) is 16.8. The van der Waals surface area contributed by atoms with E-state index in [9.17, 15) is 13.2 Å². The van der Waals surface area contributed by atoms with Gasteiger partial charge in [0.1, 0.15) is 15.5 Å². The lowest BCUT2D eigenvalue weighted by Crippen LogP contribution is -2.44. The summed E-state index contributed by atoms with van der Waals surface area (Å²) in [7, 11) is -3.14. The SMILES string of the molecule is CC(CS(C)(=O)=O)N(C(=O)c1cc(Cl)ccn1)C1CC1. The van der Waals surface area contributed by atoms with Gasteiger partial charge in [-0.15, -0.1) is 0 Å². The van der Waals surface area contributed by atoms with Gasteiger partial charge in [-0.3, -0.25) is 9.78 Å². The molecule has 1 saturated carbocycles. The highest BCUT2D eigenvalue weighted by atomic mass is 35.5. The van der Waals surface area contributed by atoms with Crippen LogP contribution in [-0.4, -0.2) is 48.3 Å². The molecule has 5 nitrogen and oxygen atoms in total. The molecule has 1 fully saturated rings. The van der Waals surface area contributed by atoms with E-state index in [1.807, 2.05) is 0 Å². The molecule has 1 atom stereocenters. The Morgan fingerprint density at radius 1 is 1.55 bits per heavy atom. The predicted octanol–water partition coefficient (Wildman–Crippen LogP) is 1.77. The topological polar surface area (TPSA) is 67.3 Å². The van der Waals surface area contributed by atoms with E-state index in [0.29, 0.717) is 5.02 Å². The molecule has 1 unspecified atom stereocenters. The van der Waals surface area contributed by atoms with Crippen molar-refractivity contribution < 1.29 is 13.2 Å². The van der Waals surface area contributed by atoms with Gasteiger partial charge in [-0.05, 0) is 31.9 Å². The third-order valence-corrected chi connectivity index (χ3v) is 4.46. The Kier molecular flexibility index (Phi) is 4.34. The minimum absolute atomic E-state index is 0.0458. The second kappa shape index (κ2) is 5.69. The molecule has 1 aliphatic rings. The minimum Gasteiger partial charge on any atom is -0.331 e. The maximum Gasteiger partial charge on any atom is 0.273 e. The lowest BCUT2D eigenvalue weighted by molar-refractivity contribution is 0.0686. The molecule has 2 rings (SSSR count). The standard InChI is InChI=1S/C13H17ClN2O3S/c1-9(8-20(2,18)19)16(11-3-4-11)13(17)12-7-10(14)5-6-15-12/h5-7,9,11H,3-4,8H2,1-2H3. The average molecular weight is 317 g/mol. The average Bonchev–Trinajstić information content (AvgIpc) is 3.11. The molecule has 110 valence electrons. The molecule has 0 N–H and O–H groups in total. The van der Waals surface area contributed by atoms with Crippen LogP contribution in [0.5, 0.6) is 0 Å². The van der Waals surface area contributed by atoms with E-state index in [4.69, 9.17) is 11.6 Å². The highest BCUT2D eigenvalue weighted by Crippen LogP contribution is 2.30. The number of sulfone groups is 1. The Morgan fingerprint density at radius 3 is 2.70 bits per heavy atom. The van der Waals surface area contributed by atoms with E-state index >= 15 is 0 Å². The highest BCUT2D eigenvalue weighted by Gasteiger charge is 2.37. The quantitative estimate of drug-likeness (QED) is 0.830. The fraction of sp³-hybridized carbons (Fsp3) is 0.538. The van der Waals surface area contributed by atoms with Gasteiger partial charge in [0.2, 0.25) is 0 Å². The molecule has 0 aliphatic heterocycles. The first-order valence-electron chi connectivity index (χ1n) is 6.40. The number of halogens is 1. The fourth-order valence-electron chi connectivity index (χ4n) is 2.25. The number of pyridine rings is 1. The van der Waals surface area contributed by atoms with Crippen LogP contribution < -0.4 is 0 Å². The van der Waals surface area contributed by atoms with Gasteiger partial charge < -0.3 is 4.90 Å². The maximum atomic E-state index is 12.5. The molecule has 20 heavy (non-hydrogen) atoms. The molecule has 0 bridgehead atoms. The summed E-state index contributed by atoms with van der Waals surface area (Å²) >= 11 is 5.87. The second-order valence-electron chi connectivity index (χ2n) is 5.24. The lowest BCUT2D eigenvalue weighted by Gasteiger charge is -2.28. The van der Waals surface area contributed by atoms with E-state index < -0.39 is 9.84 Å². The smallest absolute Gasteiger partial charge is 0.273 e. The molecule has 0 aromatic carbocycles. The number of carbonyl (C=O) groups excluding carboxylic acids is 1. The van der Waals surface area contributed by atoms with Gasteiger partial charge in [0, 0.05) is 29.6 Å². The third-order valence-electron chi connectivity index (χ3n) is 3.13. The lowest BCUT2D eigenvalue weighted by atomic mass is 10.2. The number of nitrogens with zero attached hydrogens (tertiary/aromatic N) is 2. The molecule has 1 amide bonds. The molecule has 1 aromatic heterocycles. The van der Waals surface area contributed by atoms with Gasteiger partial charge >= 0.3 is 0 Å². The van der Waals surface area contributed by atoms with Crippen molar-refractivity contribution in [3.05, 3.63) is 29.0 Å². The van der Waals surface area contributed by atoms with Crippen LogP contribution in [0.2, 0.25) is 5.02 Å². The van der Waals surface area contributed by atoms with Gasteiger partial charge in [0.25, 0.3) is 5.91 Å². The molecule has 0 radical (unpaired) electrons. The molecule has 0 spiro atoms. The largest absolute Gasteiger partial charge is 0.331 e. The van der Waals surface area contributed by atoms with Gasteiger partial charge in [0.05, 0.1) is 5.75 Å². The fourth-order valence-corrected chi connectivity index (χ4v) is 3.45. The van der Waals surface area contributed by atoms with Crippen LogP contribution in [0.15, 0.2) is 18.3 Å². The van der Waals surface area contributed by atoms with Crippen molar-refractivity contribution >= 4 is 27.3 Å². The van der Waals surface area contributed by atoms with Gasteiger partial charge in [-0.25, -0.2) is 8.42 Å². The van der Waals surface area contributed by atoms with E-state index in [2.05, 4.69) is 4.98 Å².